The third kappa shape index (κ3) is 16.0. The standard InChI is InChI=1S/C13H20N4O3.C11H21NO3/c14-10-5-3-9(4-6-10)8-20-12(18)11(15)2-1-7-17-13(16)19;1-4-5-6-7-9(13)12-10(8(2)3)11(14)15/h3-6,11H,1-2,7-8,14-15H2,(H3,16,17,19);8,10H,4-7H2,1-3H3,(H,12,13)(H,14,15). The quantitative estimate of drug-likeness (QED) is 0.127. The molecule has 0 aliphatic rings. The molecule has 0 spiro atoms. The zero-order valence-electron chi connectivity index (χ0n) is 20.9. The van der Waals surface area contributed by atoms with Crippen molar-refractivity contribution in [2.24, 2.45) is 17.4 Å². The van der Waals surface area contributed by atoms with E-state index >= 15 is 0 Å². The minimum Gasteiger partial charge on any atom is -0.480 e. The van der Waals surface area contributed by atoms with Gasteiger partial charge in [-0.3, -0.25) is 9.59 Å². The van der Waals surface area contributed by atoms with Crippen molar-refractivity contribution >= 4 is 29.6 Å². The van der Waals surface area contributed by atoms with E-state index in [1.54, 1.807) is 38.1 Å². The van der Waals surface area contributed by atoms with Gasteiger partial charge in [-0.1, -0.05) is 45.7 Å². The molecule has 35 heavy (non-hydrogen) atoms. The van der Waals surface area contributed by atoms with Crippen LogP contribution in [0.25, 0.3) is 0 Å². The molecular formula is C24H41N5O6. The number of amides is 3. The monoisotopic (exact) mass is 495 g/mol. The topological polar surface area (TPSA) is 200 Å². The number of carboxylic acid groups (broad SMARTS) is 1. The molecule has 1 rings (SSSR count). The number of nitrogens with one attached hydrogen (secondary N) is 2. The Hall–Kier alpha value is -3.34. The van der Waals surface area contributed by atoms with E-state index in [0.717, 1.165) is 24.8 Å². The zero-order chi connectivity index (χ0) is 26.8. The molecular weight excluding hydrogens is 454 g/mol. The fourth-order valence-electron chi connectivity index (χ4n) is 2.82. The Morgan fingerprint density at radius 2 is 1.69 bits per heavy atom. The maximum Gasteiger partial charge on any atom is 0.326 e. The number of nitrogens with two attached hydrogens (primary N) is 3. The van der Waals surface area contributed by atoms with Gasteiger partial charge in [-0.15, -0.1) is 0 Å². The second-order valence-corrected chi connectivity index (χ2v) is 8.47. The third-order valence-electron chi connectivity index (χ3n) is 4.91. The lowest BCUT2D eigenvalue weighted by Crippen LogP contribution is -2.44. The number of benzene rings is 1. The van der Waals surface area contributed by atoms with Crippen LogP contribution >= 0.6 is 0 Å². The third-order valence-corrected chi connectivity index (χ3v) is 4.91. The average Bonchev–Trinajstić information content (AvgIpc) is 2.79. The highest BCUT2D eigenvalue weighted by atomic mass is 16.5. The number of urea groups is 1. The molecule has 9 N–H and O–H groups in total. The summed E-state index contributed by atoms with van der Waals surface area (Å²) in [6.07, 6.45) is 4.28. The molecule has 0 saturated carbocycles. The van der Waals surface area contributed by atoms with Gasteiger partial charge in [0, 0.05) is 18.7 Å². The van der Waals surface area contributed by atoms with E-state index in [1.807, 2.05) is 0 Å². The van der Waals surface area contributed by atoms with Crippen molar-refractivity contribution in [3.8, 4) is 0 Å². The molecule has 0 heterocycles. The van der Waals surface area contributed by atoms with Crippen LogP contribution in [0.1, 0.15) is 64.9 Å². The molecule has 0 aliphatic heterocycles. The van der Waals surface area contributed by atoms with Crippen molar-refractivity contribution in [2.45, 2.75) is 78.0 Å². The molecule has 1 aromatic carbocycles. The number of carbonyl (C=O) groups is 4. The van der Waals surface area contributed by atoms with Gasteiger partial charge in [-0.2, -0.15) is 0 Å². The summed E-state index contributed by atoms with van der Waals surface area (Å²) in [4.78, 5) is 44.2. The minimum atomic E-state index is -0.964. The number of anilines is 1. The molecule has 0 fully saturated rings. The Bertz CT molecular complexity index is 785. The van der Waals surface area contributed by atoms with Gasteiger partial charge in [0.25, 0.3) is 0 Å². The van der Waals surface area contributed by atoms with Crippen molar-refractivity contribution in [1.29, 1.82) is 0 Å². The Kier molecular flexibility index (Phi) is 16.3. The molecule has 11 nitrogen and oxygen atoms in total. The average molecular weight is 496 g/mol. The summed E-state index contributed by atoms with van der Waals surface area (Å²) in [5.41, 5.74) is 17.6. The lowest BCUT2D eigenvalue weighted by molar-refractivity contribution is -0.146. The molecule has 0 bridgehead atoms. The maximum absolute atomic E-state index is 11.6. The normalized spacial score (nSPS) is 12.0. The summed E-state index contributed by atoms with van der Waals surface area (Å²) < 4.78 is 5.09. The predicted octanol–water partition coefficient (Wildman–Crippen LogP) is 1.88. The van der Waals surface area contributed by atoms with Gasteiger partial charge >= 0.3 is 18.0 Å². The number of unbranched alkanes of at least 4 members (excludes halogenated alkanes) is 2. The first kappa shape index (κ1) is 31.7. The molecule has 1 aromatic rings. The number of primary amides is 1. The summed E-state index contributed by atoms with van der Waals surface area (Å²) >= 11 is 0. The summed E-state index contributed by atoms with van der Waals surface area (Å²) in [7, 11) is 0. The Labute approximate surface area is 207 Å². The van der Waals surface area contributed by atoms with Crippen molar-refractivity contribution in [2.75, 3.05) is 12.3 Å². The molecule has 198 valence electrons. The van der Waals surface area contributed by atoms with E-state index in [1.165, 1.54) is 0 Å². The number of carboxylic acids is 1. The van der Waals surface area contributed by atoms with Gasteiger partial charge < -0.3 is 37.7 Å². The van der Waals surface area contributed by atoms with E-state index in [0.29, 0.717) is 31.5 Å². The number of hydrogen-bond donors (Lipinski definition) is 6. The number of nitrogen functional groups attached to an aromatic ring is 1. The van der Waals surface area contributed by atoms with Crippen LogP contribution < -0.4 is 27.8 Å². The van der Waals surface area contributed by atoms with Crippen LogP contribution in [-0.4, -0.2) is 47.6 Å². The van der Waals surface area contributed by atoms with E-state index < -0.39 is 30.1 Å². The number of rotatable bonds is 14. The highest BCUT2D eigenvalue weighted by Crippen LogP contribution is 2.08. The SMILES string of the molecule is CCCCCC(=O)NC(C(=O)O)C(C)C.NC(=O)NCCCC(N)C(=O)OCc1ccc(N)cc1. The number of carbonyl (C=O) groups excluding carboxylic acids is 3. The molecule has 11 heteroatoms. The fourth-order valence-corrected chi connectivity index (χ4v) is 2.82. The Morgan fingerprint density at radius 1 is 1.06 bits per heavy atom. The van der Waals surface area contributed by atoms with Gasteiger partial charge in [0.2, 0.25) is 5.91 Å². The van der Waals surface area contributed by atoms with Crippen LogP contribution in [0.15, 0.2) is 24.3 Å². The Balaban J connectivity index is 0.000000691. The van der Waals surface area contributed by atoms with Gasteiger partial charge in [0.15, 0.2) is 0 Å². The molecule has 2 unspecified atom stereocenters. The van der Waals surface area contributed by atoms with Crippen LogP contribution in [0.4, 0.5) is 10.5 Å². The number of hydrogen-bond acceptors (Lipinski definition) is 7. The number of ether oxygens (including phenoxy) is 1. The second-order valence-electron chi connectivity index (χ2n) is 8.47. The van der Waals surface area contributed by atoms with Crippen molar-refractivity contribution < 1.29 is 29.0 Å². The summed E-state index contributed by atoms with van der Waals surface area (Å²) in [6, 6.07) is 4.97. The van der Waals surface area contributed by atoms with Gasteiger partial charge in [-0.25, -0.2) is 9.59 Å². The lowest BCUT2D eigenvalue weighted by atomic mass is 10.0. The lowest BCUT2D eigenvalue weighted by Gasteiger charge is -2.17. The van der Waals surface area contributed by atoms with Crippen LogP contribution in [0.5, 0.6) is 0 Å². The smallest absolute Gasteiger partial charge is 0.326 e. The largest absolute Gasteiger partial charge is 0.480 e. The van der Waals surface area contributed by atoms with E-state index in [2.05, 4.69) is 17.6 Å². The molecule has 0 saturated heterocycles. The highest BCUT2D eigenvalue weighted by Gasteiger charge is 2.22. The highest BCUT2D eigenvalue weighted by molar-refractivity contribution is 5.83. The van der Waals surface area contributed by atoms with E-state index in [4.69, 9.17) is 27.0 Å². The molecule has 0 aliphatic carbocycles. The number of esters is 1. The molecule has 3 amide bonds. The molecule has 0 radical (unpaired) electrons. The van der Waals surface area contributed by atoms with Gasteiger partial charge in [-0.05, 0) is 42.9 Å². The van der Waals surface area contributed by atoms with Crippen molar-refractivity contribution in [1.82, 2.24) is 10.6 Å². The summed E-state index contributed by atoms with van der Waals surface area (Å²) in [5, 5.41) is 13.8. The van der Waals surface area contributed by atoms with E-state index in [-0.39, 0.29) is 18.4 Å². The Morgan fingerprint density at radius 3 is 2.20 bits per heavy atom. The minimum absolute atomic E-state index is 0.0855. The van der Waals surface area contributed by atoms with Crippen molar-refractivity contribution in [3.63, 3.8) is 0 Å². The number of aliphatic carboxylic acids is 1. The fraction of sp³-hybridized carbons (Fsp3) is 0.583. The van der Waals surface area contributed by atoms with Crippen LogP contribution in [-0.2, 0) is 25.7 Å². The van der Waals surface area contributed by atoms with Gasteiger partial charge in [0.05, 0.1) is 0 Å². The van der Waals surface area contributed by atoms with Crippen molar-refractivity contribution in [3.05, 3.63) is 29.8 Å². The summed E-state index contributed by atoms with van der Waals surface area (Å²) in [5.74, 6) is -1.68. The van der Waals surface area contributed by atoms with E-state index in [9.17, 15) is 19.2 Å². The second kappa shape index (κ2) is 18.0. The molecule has 0 aromatic heterocycles. The van der Waals surface area contributed by atoms with Crippen LogP contribution in [0.2, 0.25) is 0 Å². The van der Waals surface area contributed by atoms with Crippen LogP contribution in [0.3, 0.4) is 0 Å². The maximum atomic E-state index is 11.6. The van der Waals surface area contributed by atoms with Crippen LogP contribution in [0, 0.1) is 5.92 Å². The first-order chi connectivity index (χ1) is 16.5. The first-order valence-corrected chi connectivity index (χ1v) is 11.8. The predicted molar refractivity (Wildman–Crippen MR) is 134 cm³/mol. The van der Waals surface area contributed by atoms with Gasteiger partial charge in [0.1, 0.15) is 18.7 Å². The summed E-state index contributed by atoms with van der Waals surface area (Å²) in [6.45, 7) is 6.17. The first-order valence-electron chi connectivity index (χ1n) is 11.8. The zero-order valence-corrected chi connectivity index (χ0v) is 20.9. The molecule has 2 atom stereocenters.